The SMILES string of the molecule is O=C(c1ccc(C(F)(F)F)cc1)N1CCC(c2nnc3n2CCNC3)CC1. The van der Waals surface area contributed by atoms with E-state index >= 15 is 0 Å². The minimum atomic E-state index is -4.40. The Bertz CT molecular complexity index is 823. The Morgan fingerprint density at radius 2 is 1.78 bits per heavy atom. The summed E-state index contributed by atoms with van der Waals surface area (Å²) >= 11 is 0. The minimum Gasteiger partial charge on any atom is -0.339 e. The van der Waals surface area contributed by atoms with Crippen LogP contribution in [0.1, 0.15) is 46.3 Å². The number of amides is 1. The quantitative estimate of drug-likeness (QED) is 0.871. The molecule has 4 rings (SSSR count). The van der Waals surface area contributed by atoms with Crippen molar-refractivity contribution in [3.63, 3.8) is 0 Å². The van der Waals surface area contributed by atoms with Crippen molar-refractivity contribution in [3.05, 3.63) is 47.0 Å². The van der Waals surface area contributed by atoms with Crippen LogP contribution >= 0.6 is 0 Å². The average Bonchev–Trinajstić information content (AvgIpc) is 3.11. The lowest BCUT2D eigenvalue weighted by atomic mass is 9.95. The molecular weight excluding hydrogens is 359 g/mol. The number of aromatic nitrogens is 3. The smallest absolute Gasteiger partial charge is 0.339 e. The van der Waals surface area contributed by atoms with Crippen LogP contribution in [0.5, 0.6) is 0 Å². The van der Waals surface area contributed by atoms with E-state index in [2.05, 4.69) is 20.1 Å². The fourth-order valence-electron chi connectivity index (χ4n) is 3.74. The zero-order valence-corrected chi connectivity index (χ0v) is 14.7. The fourth-order valence-corrected chi connectivity index (χ4v) is 3.74. The maximum atomic E-state index is 12.7. The molecular formula is C18H20F3N5O. The number of likely N-dealkylation sites (tertiary alicyclic amines) is 1. The van der Waals surface area contributed by atoms with Crippen molar-refractivity contribution in [2.75, 3.05) is 19.6 Å². The van der Waals surface area contributed by atoms with Crippen LogP contribution in [0, 0.1) is 0 Å². The maximum absolute atomic E-state index is 12.7. The van der Waals surface area contributed by atoms with E-state index in [1.807, 2.05) is 0 Å². The molecule has 0 atom stereocenters. The van der Waals surface area contributed by atoms with Crippen LogP contribution in [0.4, 0.5) is 13.2 Å². The molecule has 0 bridgehead atoms. The first-order chi connectivity index (χ1) is 12.9. The van der Waals surface area contributed by atoms with Gasteiger partial charge in [-0.25, -0.2) is 0 Å². The molecule has 27 heavy (non-hydrogen) atoms. The highest BCUT2D eigenvalue weighted by Gasteiger charge is 2.32. The molecule has 3 heterocycles. The first-order valence-corrected chi connectivity index (χ1v) is 9.02. The Morgan fingerprint density at radius 3 is 2.44 bits per heavy atom. The van der Waals surface area contributed by atoms with Gasteiger partial charge in [-0.3, -0.25) is 4.79 Å². The molecule has 0 spiro atoms. The largest absolute Gasteiger partial charge is 0.416 e. The Morgan fingerprint density at radius 1 is 1.07 bits per heavy atom. The molecule has 0 saturated carbocycles. The van der Waals surface area contributed by atoms with E-state index in [4.69, 9.17) is 0 Å². The van der Waals surface area contributed by atoms with Crippen molar-refractivity contribution < 1.29 is 18.0 Å². The molecule has 2 aliphatic heterocycles. The summed E-state index contributed by atoms with van der Waals surface area (Å²) in [6.45, 7) is 3.58. The van der Waals surface area contributed by atoms with E-state index in [1.165, 1.54) is 12.1 Å². The van der Waals surface area contributed by atoms with Gasteiger partial charge in [-0.1, -0.05) is 0 Å². The number of alkyl halides is 3. The van der Waals surface area contributed by atoms with Crippen LogP contribution in [0.3, 0.4) is 0 Å². The first kappa shape index (κ1) is 18.0. The molecule has 2 aromatic rings. The predicted molar refractivity (Wildman–Crippen MR) is 91.1 cm³/mol. The number of fused-ring (bicyclic) bond motifs is 1. The molecule has 1 N–H and O–H groups in total. The van der Waals surface area contributed by atoms with Crippen LogP contribution in [0.25, 0.3) is 0 Å². The third-order valence-corrected chi connectivity index (χ3v) is 5.26. The molecule has 6 nitrogen and oxygen atoms in total. The number of hydrogen-bond donors (Lipinski definition) is 1. The summed E-state index contributed by atoms with van der Waals surface area (Å²) in [7, 11) is 0. The van der Waals surface area contributed by atoms with Gasteiger partial charge in [0, 0.05) is 37.7 Å². The molecule has 2 aliphatic rings. The molecule has 9 heteroatoms. The number of piperidine rings is 1. The van der Waals surface area contributed by atoms with Crippen LogP contribution in [-0.2, 0) is 19.3 Å². The number of carbonyl (C=O) groups is 1. The lowest BCUT2D eigenvalue weighted by Crippen LogP contribution is -2.39. The second kappa shape index (κ2) is 6.95. The van der Waals surface area contributed by atoms with Gasteiger partial charge >= 0.3 is 6.18 Å². The topological polar surface area (TPSA) is 63.1 Å². The molecule has 1 amide bonds. The summed E-state index contributed by atoms with van der Waals surface area (Å²) in [4.78, 5) is 14.3. The normalized spacial score (nSPS) is 18.4. The molecule has 1 fully saturated rings. The molecule has 0 aliphatic carbocycles. The molecule has 144 valence electrons. The zero-order valence-electron chi connectivity index (χ0n) is 14.7. The van der Waals surface area contributed by atoms with Crippen molar-refractivity contribution >= 4 is 5.91 Å². The van der Waals surface area contributed by atoms with Gasteiger partial charge in [0.05, 0.1) is 12.1 Å². The standard InChI is InChI=1S/C18H20F3N5O/c19-18(20,21)14-3-1-13(2-4-14)17(27)25-8-5-12(6-9-25)16-24-23-15-11-22-7-10-26(15)16/h1-4,12,22H,5-11H2. The third kappa shape index (κ3) is 3.55. The summed E-state index contributed by atoms with van der Waals surface area (Å²) in [6.07, 6.45) is -2.84. The highest BCUT2D eigenvalue weighted by molar-refractivity contribution is 5.94. The van der Waals surface area contributed by atoms with Crippen molar-refractivity contribution in [2.45, 2.75) is 38.0 Å². The first-order valence-electron chi connectivity index (χ1n) is 9.02. The van der Waals surface area contributed by atoms with E-state index in [-0.39, 0.29) is 17.4 Å². The second-order valence-corrected chi connectivity index (χ2v) is 6.94. The van der Waals surface area contributed by atoms with Gasteiger partial charge in [0.15, 0.2) is 0 Å². The van der Waals surface area contributed by atoms with E-state index < -0.39 is 11.7 Å². The number of nitrogens with zero attached hydrogens (tertiary/aromatic N) is 4. The maximum Gasteiger partial charge on any atom is 0.416 e. The number of hydrogen-bond acceptors (Lipinski definition) is 4. The summed E-state index contributed by atoms with van der Waals surface area (Å²) < 4.78 is 40.1. The Balaban J connectivity index is 1.40. The monoisotopic (exact) mass is 379 g/mol. The number of carbonyl (C=O) groups excluding carboxylic acids is 1. The van der Waals surface area contributed by atoms with Gasteiger partial charge in [-0.2, -0.15) is 13.2 Å². The summed E-state index contributed by atoms with van der Waals surface area (Å²) in [5, 5.41) is 11.8. The average molecular weight is 379 g/mol. The summed E-state index contributed by atoms with van der Waals surface area (Å²) in [5.74, 6) is 1.95. The van der Waals surface area contributed by atoms with Crippen molar-refractivity contribution in [2.24, 2.45) is 0 Å². The number of rotatable bonds is 2. The molecule has 1 aromatic carbocycles. The van der Waals surface area contributed by atoms with Gasteiger partial charge in [0.1, 0.15) is 11.6 Å². The summed E-state index contributed by atoms with van der Waals surface area (Å²) in [5.41, 5.74) is -0.462. The van der Waals surface area contributed by atoms with Crippen LogP contribution in [-0.4, -0.2) is 45.2 Å². The zero-order chi connectivity index (χ0) is 19.0. The number of nitrogens with one attached hydrogen (secondary N) is 1. The van der Waals surface area contributed by atoms with Gasteiger partial charge in [0.25, 0.3) is 5.91 Å². The Labute approximate surface area is 154 Å². The number of benzene rings is 1. The van der Waals surface area contributed by atoms with Gasteiger partial charge in [-0.05, 0) is 37.1 Å². The van der Waals surface area contributed by atoms with Crippen LogP contribution in [0.2, 0.25) is 0 Å². The number of halogens is 3. The van der Waals surface area contributed by atoms with Crippen LogP contribution < -0.4 is 5.32 Å². The van der Waals surface area contributed by atoms with Crippen LogP contribution in [0.15, 0.2) is 24.3 Å². The molecule has 1 aromatic heterocycles. The van der Waals surface area contributed by atoms with Gasteiger partial charge in [-0.15, -0.1) is 10.2 Å². The van der Waals surface area contributed by atoms with Gasteiger partial charge in [0.2, 0.25) is 0 Å². The predicted octanol–water partition coefficient (Wildman–Crippen LogP) is 2.42. The lowest BCUT2D eigenvalue weighted by Gasteiger charge is -2.32. The second-order valence-electron chi connectivity index (χ2n) is 6.94. The van der Waals surface area contributed by atoms with Crippen molar-refractivity contribution in [1.29, 1.82) is 0 Å². The van der Waals surface area contributed by atoms with E-state index in [1.54, 1.807) is 4.90 Å². The lowest BCUT2D eigenvalue weighted by molar-refractivity contribution is -0.137. The third-order valence-electron chi connectivity index (χ3n) is 5.26. The molecule has 1 saturated heterocycles. The molecule has 0 radical (unpaired) electrons. The van der Waals surface area contributed by atoms with Gasteiger partial charge < -0.3 is 14.8 Å². The Hall–Kier alpha value is -2.42. The van der Waals surface area contributed by atoms with E-state index in [0.717, 1.165) is 56.3 Å². The molecule has 0 unspecified atom stereocenters. The highest BCUT2D eigenvalue weighted by atomic mass is 19.4. The summed E-state index contributed by atoms with van der Waals surface area (Å²) in [6, 6.07) is 4.41. The highest BCUT2D eigenvalue weighted by Crippen LogP contribution is 2.31. The van der Waals surface area contributed by atoms with E-state index in [9.17, 15) is 18.0 Å². The minimum absolute atomic E-state index is 0.227. The van der Waals surface area contributed by atoms with Crippen molar-refractivity contribution in [1.82, 2.24) is 25.0 Å². The van der Waals surface area contributed by atoms with Crippen molar-refractivity contribution in [3.8, 4) is 0 Å². The fraction of sp³-hybridized carbons (Fsp3) is 0.500. The Kier molecular flexibility index (Phi) is 4.63. The van der Waals surface area contributed by atoms with E-state index in [0.29, 0.717) is 13.1 Å².